The second-order valence-electron chi connectivity index (χ2n) is 4.62. The maximum absolute atomic E-state index is 11.7. The van der Waals surface area contributed by atoms with Crippen molar-refractivity contribution in [1.29, 1.82) is 0 Å². The summed E-state index contributed by atoms with van der Waals surface area (Å²) in [7, 11) is 1.40. The Kier molecular flexibility index (Phi) is 6.94. The van der Waals surface area contributed by atoms with Crippen LogP contribution in [-0.2, 0) is 20.7 Å². The zero-order chi connectivity index (χ0) is 17.4. The molecule has 0 spiro atoms. The molecule has 126 valence electrons. The van der Waals surface area contributed by atoms with Gasteiger partial charge in [-0.15, -0.1) is 0 Å². The fourth-order valence-electron chi connectivity index (χ4n) is 1.91. The average Bonchev–Trinajstić information content (AvgIpc) is 2.51. The number of primary amides is 1. The van der Waals surface area contributed by atoms with Gasteiger partial charge in [0.15, 0.2) is 0 Å². The monoisotopic (exact) mass is 325 g/mol. The maximum Gasteiger partial charge on any atom is 0.269 e. The van der Waals surface area contributed by atoms with Gasteiger partial charge in [-0.2, -0.15) is 0 Å². The molecule has 0 fully saturated rings. The summed E-state index contributed by atoms with van der Waals surface area (Å²) in [5, 5.41) is 13.3. The van der Waals surface area contributed by atoms with Crippen molar-refractivity contribution in [2.45, 2.75) is 19.4 Å². The Bertz CT molecular complexity index is 590. The van der Waals surface area contributed by atoms with Crippen LogP contribution < -0.4 is 15.8 Å². The number of carbonyl (C=O) groups is 2. The molecular weight excluding hydrogens is 306 g/mol. The van der Waals surface area contributed by atoms with Crippen LogP contribution in [-0.4, -0.2) is 43.1 Å². The predicted octanol–water partition coefficient (Wildman–Crippen LogP) is 0.152. The number of non-ortho nitro benzene ring substituents is 1. The molecule has 1 rings (SSSR count). The molecule has 0 aliphatic heterocycles. The van der Waals surface area contributed by atoms with Gasteiger partial charge in [-0.3, -0.25) is 19.7 Å². The van der Waals surface area contributed by atoms with E-state index >= 15 is 0 Å². The fourth-order valence-corrected chi connectivity index (χ4v) is 1.91. The first-order valence-corrected chi connectivity index (χ1v) is 6.86. The Morgan fingerprint density at radius 3 is 2.65 bits per heavy atom. The van der Waals surface area contributed by atoms with Crippen molar-refractivity contribution in [3.05, 3.63) is 33.9 Å². The number of nitro groups is 1. The number of benzene rings is 1. The van der Waals surface area contributed by atoms with Gasteiger partial charge in [-0.1, -0.05) is 0 Å². The van der Waals surface area contributed by atoms with Crippen LogP contribution in [0.15, 0.2) is 18.2 Å². The van der Waals surface area contributed by atoms with E-state index in [2.05, 4.69) is 5.32 Å². The molecule has 0 saturated carbocycles. The number of methoxy groups -OCH3 is 1. The second kappa shape index (κ2) is 8.69. The number of nitrogens with one attached hydrogen (secondary N) is 1. The molecule has 0 aliphatic rings. The van der Waals surface area contributed by atoms with Crippen LogP contribution in [0.4, 0.5) is 5.69 Å². The lowest BCUT2D eigenvalue weighted by Crippen LogP contribution is -2.47. The molecule has 0 aromatic heterocycles. The Balaban J connectivity index is 2.95. The molecule has 23 heavy (non-hydrogen) atoms. The number of carbonyl (C=O) groups excluding carboxylic acids is 2. The zero-order valence-corrected chi connectivity index (χ0v) is 12.9. The molecule has 1 aromatic rings. The molecule has 0 saturated heterocycles. The van der Waals surface area contributed by atoms with E-state index in [-0.39, 0.29) is 18.7 Å². The number of nitrogens with zero attached hydrogens (tertiary/aromatic N) is 1. The van der Waals surface area contributed by atoms with E-state index in [1.807, 2.05) is 0 Å². The van der Waals surface area contributed by atoms with Crippen molar-refractivity contribution in [3.63, 3.8) is 0 Å². The Hall–Kier alpha value is -2.68. The molecule has 1 atom stereocenters. The third-order valence-electron chi connectivity index (χ3n) is 3.01. The SMILES string of the molecule is CCOCC(=O)N[C@@H](Cc1cc([N+](=O)[O-])ccc1OC)C(N)=O. The van der Waals surface area contributed by atoms with Gasteiger partial charge in [-0.25, -0.2) is 0 Å². The second-order valence-corrected chi connectivity index (χ2v) is 4.62. The van der Waals surface area contributed by atoms with E-state index in [4.69, 9.17) is 15.2 Å². The number of rotatable bonds is 9. The quantitative estimate of drug-likeness (QED) is 0.490. The summed E-state index contributed by atoms with van der Waals surface area (Å²) in [6.07, 6.45) is -0.0297. The third kappa shape index (κ3) is 5.55. The van der Waals surface area contributed by atoms with Gasteiger partial charge < -0.3 is 20.5 Å². The molecule has 0 bridgehead atoms. The van der Waals surface area contributed by atoms with Crippen LogP contribution in [0.2, 0.25) is 0 Å². The van der Waals surface area contributed by atoms with Gasteiger partial charge in [0.05, 0.1) is 12.0 Å². The fraction of sp³-hybridized carbons (Fsp3) is 0.429. The van der Waals surface area contributed by atoms with Crippen molar-refractivity contribution in [3.8, 4) is 5.75 Å². The van der Waals surface area contributed by atoms with Crippen molar-refractivity contribution in [2.24, 2.45) is 5.73 Å². The minimum atomic E-state index is -1.03. The molecule has 2 amide bonds. The lowest BCUT2D eigenvalue weighted by Gasteiger charge is -2.17. The van der Waals surface area contributed by atoms with Crippen molar-refractivity contribution in [2.75, 3.05) is 20.3 Å². The molecule has 3 N–H and O–H groups in total. The van der Waals surface area contributed by atoms with E-state index in [1.165, 1.54) is 25.3 Å². The Morgan fingerprint density at radius 2 is 2.13 bits per heavy atom. The molecule has 9 nitrogen and oxygen atoms in total. The Labute approximate surface area is 132 Å². The average molecular weight is 325 g/mol. The lowest BCUT2D eigenvalue weighted by molar-refractivity contribution is -0.384. The molecule has 0 heterocycles. The standard InChI is InChI=1S/C14H19N3O6/c1-3-23-8-13(18)16-11(14(15)19)7-9-6-10(17(20)21)4-5-12(9)22-2/h4-6,11H,3,7-8H2,1-2H3,(H2,15,19)(H,16,18)/t11-/m0/s1. The topological polar surface area (TPSA) is 134 Å². The molecule has 0 aliphatic carbocycles. The summed E-state index contributed by atoms with van der Waals surface area (Å²) in [6.45, 7) is 1.88. The first kappa shape index (κ1) is 18.4. The number of nitro benzene ring substituents is 1. The van der Waals surface area contributed by atoms with E-state index in [1.54, 1.807) is 6.92 Å². The highest BCUT2D eigenvalue weighted by Crippen LogP contribution is 2.25. The van der Waals surface area contributed by atoms with E-state index < -0.39 is 22.8 Å². The first-order chi connectivity index (χ1) is 10.9. The largest absolute Gasteiger partial charge is 0.496 e. The molecule has 1 aromatic carbocycles. The highest BCUT2D eigenvalue weighted by atomic mass is 16.6. The molecule has 9 heteroatoms. The van der Waals surface area contributed by atoms with Gasteiger partial charge in [0.25, 0.3) is 5.69 Å². The van der Waals surface area contributed by atoms with Gasteiger partial charge in [0.2, 0.25) is 11.8 Å². The van der Waals surface area contributed by atoms with E-state index in [0.29, 0.717) is 17.9 Å². The number of nitrogens with two attached hydrogens (primary N) is 1. The van der Waals surface area contributed by atoms with Gasteiger partial charge >= 0.3 is 0 Å². The van der Waals surface area contributed by atoms with Crippen LogP contribution in [0, 0.1) is 10.1 Å². The highest BCUT2D eigenvalue weighted by molar-refractivity contribution is 5.87. The highest BCUT2D eigenvalue weighted by Gasteiger charge is 2.22. The van der Waals surface area contributed by atoms with E-state index in [0.717, 1.165) is 0 Å². The van der Waals surface area contributed by atoms with Crippen LogP contribution in [0.3, 0.4) is 0 Å². The summed E-state index contributed by atoms with van der Waals surface area (Å²) in [5.41, 5.74) is 5.52. The smallest absolute Gasteiger partial charge is 0.269 e. The van der Waals surface area contributed by atoms with Crippen LogP contribution in [0.25, 0.3) is 0 Å². The summed E-state index contributed by atoms with van der Waals surface area (Å²) in [5.74, 6) is -0.899. The van der Waals surface area contributed by atoms with Crippen molar-refractivity contribution >= 4 is 17.5 Å². The van der Waals surface area contributed by atoms with Gasteiger partial charge in [0, 0.05) is 30.7 Å². The summed E-state index contributed by atoms with van der Waals surface area (Å²) in [6, 6.07) is 2.96. The number of amides is 2. The molecule has 0 radical (unpaired) electrons. The minimum absolute atomic E-state index is 0.0297. The molecule has 0 unspecified atom stereocenters. The summed E-state index contributed by atoms with van der Waals surface area (Å²) in [4.78, 5) is 33.5. The normalized spacial score (nSPS) is 11.6. The molecular formula is C14H19N3O6. The van der Waals surface area contributed by atoms with Crippen molar-refractivity contribution < 1.29 is 24.0 Å². The zero-order valence-electron chi connectivity index (χ0n) is 12.9. The van der Waals surface area contributed by atoms with Crippen LogP contribution in [0.1, 0.15) is 12.5 Å². The lowest BCUT2D eigenvalue weighted by atomic mass is 10.0. The maximum atomic E-state index is 11.7. The van der Waals surface area contributed by atoms with Gasteiger partial charge in [-0.05, 0) is 13.0 Å². The first-order valence-electron chi connectivity index (χ1n) is 6.86. The Morgan fingerprint density at radius 1 is 1.43 bits per heavy atom. The predicted molar refractivity (Wildman–Crippen MR) is 81.0 cm³/mol. The minimum Gasteiger partial charge on any atom is -0.496 e. The van der Waals surface area contributed by atoms with Crippen molar-refractivity contribution in [1.82, 2.24) is 5.32 Å². The third-order valence-corrected chi connectivity index (χ3v) is 3.01. The number of hydrogen-bond donors (Lipinski definition) is 2. The summed E-state index contributed by atoms with van der Waals surface area (Å²) < 4.78 is 10.1. The van der Waals surface area contributed by atoms with Crippen LogP contribution in [0.5, 0.6) is 5.75 Å². The number of hydrogen-bond acceptors (Lipinski definition) is 6. The van der Waals surface area contributed by atoms with E-state index in [9.17, 15) is 19.7 Å². The number of ether oxygens (including phenoxy) is 2. The summed E-state index contributed by atoms with van der Waals surface area (Å²) >= 11 is 0. The van der Waals surface area contributed by atoms with Gasteiger partial charge in [0.1, 0.15) is 18.4 Å². The van der Waals surface area contributed by atoms with Crippen LogP contribution >= 0.6 is 0 Å².